The third kappa shape index (κ3) is 5.26. The van der Waals surface area contributed by atoms with Crippen LogP contribution in [0.4, 0.5) is 0 Å². The molecule has 32 heavy (non-hydrogen) atoms. The molecule has 0 unspecified atom stereocenters. The number of hydrogen-bond donors (Lipinski definition) is 3. The first-order valence-corrected chi connectivity index (χ1v) is 11.7. The van der Waals surface area contributed by atoms with Gasteiger partial charge < -0.3 is 20.4 Å². The summed E-state index contributed by atoms with van der Waals surface area (Å²) in [6.45, 7) is 4.76. The second-order valence-corrected chi connectivity index (χ2v) is 10.2. The van der Waals surface area contributed by atoms with Crippen LogP contribution in [0.2, 0.25) is 5.02 Å². The number of rotatable bonds is 6. The number of halogens is 1. The highest BCUT2D eigenvalue weighted by atomic mass is 35.5. The summed E-state index contributed by atoms with van der Waals surface area (Å²) in [5.41, 5.74) is -0.866. The van der Waals surface area contributed by atoms with Gasteiger partial charge in [0.1, 0.15) is 0 Å². The van der Waals surface area contributed by atoms with Crippen LogP contribution in [0.15, 0.2) is 24.3 Å². The molecule has 3 rings (SSSR count). The maximum atomic E-state index is 13.5. The van der Waals surface area contributed by atoms with E-state index in [1.807, 2.05) is 30.9 Å². The minimum absolute atomic E-state index is 0.000495. The zero-order chi connectivity index (χ0) is 23.5. The van der Waals surface area contributed by atoms with Gasteiger partial charge in [0.15, 0.2) is 0 Å². The second kappa shape index (κ2) is 9.79. The first kappa shape index (κ1) is 24.5. The van der Waals surface area contributed by atoms with E-state index in [1.165, 1.54) is 0 Å². The molecule has 7 nitrogen and oxygen atoms in total. The first-order valence-electron chi connectivity index (χ1n) is 11.3. The van der Waals surface area contributed by atoms with Gasteiger partial charge in [-0.3, -0.25) is 14.4 Å². The minimum atomic E-state index is -1.08. The second-order valence-electron chi connectivity index (χ2n) is 9.72. The SMILES string of the molecule is CC1(C)CN(C(=O)[C@H]2CCCC[C@H]2NC(=O)CCC(=O)O)CC[C@]1(O)c1ccc(Cl)cc1. The normalized spacial score (nSPS) is 27.6. The summed E-state index contributed by atoms with van der Waals surface area (Å²) in [6.07, 6.45) is 3.36. The van der Waals surface area contributed by atoms with Gasteiger partial charge in [0.05, 0.1) is 17.9 Å². The summed E-state index contributed by atoms with van der Waals surface area (Å²) < 4.78 is 0. The number of amides is 2. The number of carbonyl (C=O) groups excluding carboxylic acids is 2. The Kier molecular flexibility index (Phi) is 7.50. The molecule has 8 heteroatoms. The lowest BCUT2D eigenvalue weighted by atomic mass is 9.66. The quantitative estimate of drug-likeness (QED) is 0.598. The van der Waals surface area contributed by atoms with Gasteiger partial charge in [-0.1, -0.05) is 50.4 Å². The molecule has 1 saturated carbocycles. The monoisotopic (exact) mass is 464 g/mol. The predicted molar refractivity (Wildman–Crippen MR) is 121 cm³/mol. The molecule has 1 aliphatic heterocycles. The number of likely N-dealkylation sites (tertiary alicyclic amines) is 1. The molecule has 1 aromatic carbocycles. The van der Waals surface area contributed by atoms with Crippen LogP contribution in [-0.4, -0.2) is 52.0 Å². The average molecular weight is 465 g/mol. The summed E-state index contributed by atoms with van der Waals surface area (Å²) >= 11 is 6.01. The van der Waals surface area contributed by atoms with Gasteiger partial charge in [-0.2, -0.15) is 0 Å². The van der Waals surface area contributed by atoms with Crippen LogP contribution in [0.1, 0.15) is 64.4 Å². The first-order chi connectivity index (χ1) is 15.0. The number of hydrogen-bond acceptors (Lipinski definition) is 4. The molecule has 0 aromatic heterocycles. The Bertz CT molecular complexity index is 856. The van der Waals surface area contributed by atoms with Crippen molar-refractivity contribution < 1.29 is 24.6 Å². The van der Waals surface area contributed by atoms with Crippen LogP contribution >= 0.6 is 11.6 Å². The highest BCUT2D eigenvalue weighted by Crippen LogP contribution is 2.46. The third-order valence-electron chi connectivity index (χ3n) is 7.08. The summed E-state index contributed by atoms with van der Waals surface area (Å²) in [7, 11) is 0. The Morgan fingerprint density at radius 3 is 2.41 bits per heavy atom. The van der Waals surface area contributed by atoms with Crippen molar-refractivity contribution in [3.63, 3.8) is 0 Å². The van der Waals surface area contributed by atoms with Crippen molar-refractivity contribution >= 4 is 29.4 Å². The lowest BCUT2D eigenvalue weighted by Crippen LogP contribution is -2.59. The van der Waals surface area contributed by atoms with Crippen molar-refractivity contribution in [1.82, 2.24) is 10.2 Å². The Morgan fingerprint density at radius 2 is 1.78 bits per heavy atom. The molecular weight excluding hydrogens is 432 g/mol. The van der Waals surface area contributed by atoms with Crippen LogP contribution in [0, 0.1) is 11.3 Å². The predicted octanol–water partition coefficient (Wildman–Crippen LogP) is 3.33. The average Bonchev–Trinajstić information content (AvgIpc) is 2.74. The zero-order valence-corrected chi connectivity index (χ0v) is 19.5. The maximum absolute atomic E-state index is 13.5. The van der Waals surface area contributed by atoms with Crippen LogP contribution in [0.5, 0.6) is 0 Å². The van der Waals surface area contributed by atoms with Crippen molar-refractivity contribution in [2.45, 2.75) is 70.4 Å². The fourth-order valence-electron chi connectivity index (χ4n) is 5.10. The van der Waals surface area contributed by atoms with E-state index < -0.39 is 17.0 Å². The van der Waals surface area contributed by atoms with Crippen molar-refractivity contribution in [3.8, 4) is 0 Å². The van der Waals surface area contributed by atoms with Crippen LogP contribution in [0.25, 0.3) is 0 Å². The molecule has 1 saturated heterocycles. The molecule has 0 bridgehead atoms. The molecule has 1 heterocycles. The summed E-state index contributed by atoms with van der Waals surface area (Å²) in [6, 6.07) is 6.93. The molecule has 3 atom stereocenters. The standard InChI is InChI=1S/C24H33ClN2O5/c1-23(2)15-27(14-13-24(23,32)16-7-9-17(25)10-8-16)22(31)18-5-3-4-6-19(18)26-20(28)11-12-21(29)30/h7-10,18-19,32H,3-6,11-15H2,1-2H3,(H,26,28)(H,29,30)/t18-,19+,24-/m0/s1. The van der Waals surface area contributed by atoms with E-state index in [0.717, 1.165) is 18.4 Å². The Hall–Kier alpha value is -2.12. The lowest BCUT2D eigenvalue weighted by molar-refractivity contribution is -0.158. The number of nitrogens with one attached hydrogen (secondary N) is 1. The number of benzene rings is 1. The summed E-state index contributed by atoms with van der Waals surface area (Å²) in [5.74, 6) is -1.66. The molecule has 2 amide bonds. The van der Waals surface area contributed by atoms with E-state index in [9.17, 15) is 19.5 Å². The van der Waals surface area contributed by atoms with Crippen molar-refractivity contribution in [1.29, 1.82) is 0 Å². The van der Waals surface area contributed by atoms with E-state index >= 15 is 0 Å². The van der Waals surface area contributed by atoms with Gasteiger partial charge in [-0.25, -0.2) is 0 Å². The largest absolute Gasteiger partial charge is 0.481 e. The smallest absolute Gasteiger partial charge is 0.303 e. The van der Waals surface area contributed by atoms with Crippen molar-refractivity contribution in [3.05, 3.63) is 34.9 Å². The van der Waals surface area contributed by atoms with Crippen LogP contribution in [-0.2, 0) is 20.0 Å². The topological polar surface area (TPSA) is 107 Å². The van der Waals surface area contributed by atoms with Crippen LogP contribution < -0.4 is 5.32 Å². The zero-order valence-electron chi connectivity index (χ0n) is 18.8. The number of carbonyl (C=O) groups is 3. The van der Waals surface area contributed by atoms with E-state index in [4.69, 9.17) is 16.7 Å². The lowest BCUT2D eigenvalue weighted by Gasteiger charge is -2.51. The van der Waals surface area contributed by atoms with Gasteiger partial charge in [0, 0.05) is 36.0 Å². The van der Waals surface area contributed by atoms with Gasteiger partial charge >= 0.3 is 5.97 Å². The van der Waals surface area contributed by atoms with Gasteiger partial charge in [0.25, 0.3) is 0 Å². The maximum Gasteiger partial charge on any atom is 0.303 e. The molecule has 1 aliphatic carbocycles. The molecule has 3 N–H and O–H groups in total. The summed E-state index contributed by atoms with van der Waals surface area (Å²) in [5, 5.41) is 23.9. The van der Waals surface area contributed by atoms with Gasteiger partial charge in [-0.05, 0) is 37.0 Å². The number of piperidine rings is 1. The van der Waals surface area contributed by atoms with Crippen molar-refractivity contribution in [2.75, 3.05) is 13.1 Å². The van der Waals surface area contributed by atoms with E-state index in [0.29, 0.717) is 37.4 Å². The third-order valence-corrected chi connectivity index (χ3v) is 7.33. The number of carboxylic acid groups (broad SMARTS) is 1. The molecule has 0 radical (unpaired) electrons. The van der Waals surface area contributed by atoms with E-state index in [-0.39, 0.29) is 36.6 Å². The highest BCUT2D eigenvalue weighted by molar-refractivity contribution is 6.30. The molecule has 1 aromatic rings. The molecule has 176 valence electrons. The number of aliphatic hydroxyl groups is 1. The van der Waals surface area contributed by atoms with E-state index in [2.05, 4.69) is 5.32 Å². The molecule has 2 aliphatic rings. The Morgan fingerprint density at radius 1 is 1.12 bits per heavy atom. The Labute approximate surface area is 194 Å². The minimum Gasteiger partial charge on any atom is -0.481 e. The van der Waals surface area contributed by atoms with Gasteiger partial charge in [-0.15, -0.1) is 0 Å². The summed E-state index contributed by atoms with van der Waals surface area (Å²) in [4.78, 5) is 38.2. The number of nitrogens with zero attached hydrogens (tertiary/aromatic N) is 1. The molecular formula is C24H33ClN2O5. The van der Waals surface area contributed by atoms with Crippen LogP contribution in [0.3, 0.4) is 0 Å². The van der Waals surface area contributed by atoms with Gasteiger partial charge in [0.2, 0.25) is 11.8 Å². The fraction of sp³-hybridized carbons (Fsp3) is 0.625. The molecule has 2 fully saturated rings. The molecule has 0 spiro atoms. The number of carboxylic acids is 1. The van der Waals surface area contributed by atoms with Crippen molar-refractivity contribution in [2.24, 2.45) is 11.3 Å². The highest BCUT2D eigenvalue weighted by Gasteiger charge is 2.50. The number of aliphatic carboxylic acids is 1. The van der Waals surface area contributed by atoms with E-state index in [1.54, 1.807) is 12.1 Å². The Balaban J connectivity index is 1.69. The fourth-order valence-corrected chi connectivity index (χ4v) is 5.23.